The molecule has 0 fully saturated rings. The van der Waals surface area contributed by atoms with E-state index in [0.717, 1.165) is 5.56 Å². The smallest absolute Gasteiger partial charge is 0.123 e. The van der Waals surface area contributed by atoms with E-state index in [1.807, 2.05) is 6.07 Å². The van der Waals surface area contributed by atoms with Crippen LogP contribution in [0.3, 0.4) is 0 Å². The molecule has 0 saturated heterocycles. The van der Waals surface area contributed by atoms with E-state index in [2.05, 4.69) is 30.7 Å². The van der Waals surface area contributed by atoms with E-state index in [1.165, 1.54) is 0 Å². The van der Waals surface area contributed by atoms with Gasteiger partial charge in [-0.05, 0) is 12.1 Å². The van der Waals surface area contributed by atoms with Crippen molar-refractivity contribution < 1.29 is 0 Å². The summed E-state index contributed by atoms with van der Waals surface area (Å²) in [6, 6.07) is 3.63. The highest BCUT2D eigenvalue weighted by Crippen LogP contribution is 1.99. The molecule has 1 aromatic rings. The van der Waals surface area contributed by atoms with Crippen LogP contribution in [0.25, 0.3) is 0 Å². The molecule has 1 heterocycles. The summed E-state index contributed by atoms with van der Waals surface area (Å²) in [5.74, 6) is 6.98. The fraction of sp³-hybridized carbons (Fsp3) is 0.300. The third-order valence-corrected chi connectivity index (χ3v) is 1.29. The fourth-order valence-electron chi connectivity index (χ4n) is 0.707. The second-order valence-electron chi connectivity index (χ2n) is 2.90. The molecule has 0 aliphatic rings. The Bertz CT molecular complexity index is 301. The molecule has 0 saturated carbocycles. The molecule has 0 bridgehead atoms. The Morgan fingerprint density at radius 3 is 2.67 bits per heavy atom. The van der Waals surface area contributed by atoms with Crippen LogP contribution in [0.5, 0.6) is 0 Å². The van der Waals surface area contributed by atoms with Crippen LogP contribution in [0.15, 0.2) is 18.3 Å². The molecule has 2 N–H and O–H groups in total. The summed E-state index contributed by atoms with van der Waals surface area (Å²) in [6.07, 6.45) is 1.69. The molecular weight excluding hydrogens is 148 g/mol. The van der Waals surface area contributed by atoms with Crippen molar-refractivity contribution in [1.82, 2.24) is 4.98 Å². The number of rotatable bonds is 0. The van der Waals surface area contributed by atoms with Gasteiger partial charge in [-0.15, -0.1) is 0 Å². The standard InChI is InChI=1S/C10H12N2/c1-8(2)3-4-9-5-6-10(11)12-7-9/h5-8H,1-2H3,(H2,11,12). The Balaban J connectivity index is 2.79. The van der Waals surface area contributed by atoms with E-state index >= 15 is 0 Å². The summed E-state index contributed by atoms with van der Waals surface area (Å²) < 4.78 is 0. The monoisotopic (exact) mass is 160 g/mol. The lowest BCUT2D eigenvalue weighted by molar-refractivity contribution is 0.866. The van der Waals surface area contributed by atoms with Crippen molar-refractivity contribution in [2.75, 3.05) is 5.73 Å². The molecule has 0 amide bonds. The third kappa shape index (κ3) is 2.63. The molecule has 0 radical (unpaired) electrons. The number of pyridine rings is 1. The van der Waals surface area contributed by atoms with Gasteiger partial charge in [-0.2, -0.15) is 0 Å². The van der Waals surface area contributed by atoms with E-state index in [0.29, 0.717) is 11.7 Å². The van der Waals surface area contributed by atoms with Gasteiger partial charge in [-0.1, -0.05) is 25.7 Å². The number of nitrogens with zero attached hydrogens (tertiary/aromatic N) is 1. The lowest BCUT2D eigenvalue weighted by atomic mass is 10.2. The van der Waals surface area contributed by atoms with Crippen LogP contribution in [-0.2, 0) is 0 Å². The zero-order chi connectivity index (χ0) is 8.97. The predicted molar refractivity (Wildman–Crippen MR) is 50.4 cm³/mol. The molecule has 0 aliphatic carbocycles. The van der Waals surface area contributed by atoms with Crippen molar-refractivity contribution in [3.8, 4) is 11.8 Å². The first-order valence-corrected chi connectivity index (χ1v) is 3.91. The van der Waals surface area contributed by atoms with Crippen molar-refractivity contribution >= 4 is 5.82 Å². The van der Waals surface area contributed by atoms with Gasteiger partial charge < -0.3 is 5.73 Å². The Kier molecular flexibility index (Phi) is 2.71. The van der Waals surface area contributed by atoms with Gasteiger partial charge in [0.15, 0.2) is 0 Å². The summed E-state index contributed by atoms with van der Waals surface area (Å²) in [5.41, 5.74) is 6.34. The maximum atomic E-state index is 5.42. The average molecular weight is 160 g/mol. The van der Waals surface area contributed by atoms with E-state index in [4.69, 9.17) is 5.73 Å². The molecular formula is C10H12N2. The number of hydrogen-bond donors (Lipinski definition) is 1. The molecule has 0 aromatic carbocycles. The van der Waals surface area contributed by atoms with Gasteiger partial charge >= 0.3 is 0 Å². The first-order valence-electron chi connectivity index (χ1n) is 3.91. The van der Waals surface area contributed by atoms with Gasteiger partial charge in [-0.25, -0.2) is 4.98 Å². The first-order chi connectivity index (χ1) is 5.68. The maximum Gasteiger partial charge on any atom is 0.123 e. The number of nitrogens with two attached hydrogens (primary N) is 1. The highest BCUT2D eigenvalue weighted by molar-refractivity contribution is 5.37. The van der Waals surface area contributed by atoms with Gasteiger partial charge in [0.2, 0.25) is 0 Å². The molecule has 0 unspecified atom stereocenters. The van der Waals surface area contributed by atoms with E-state index in [9.17, 15) is 0 Å². The average Bonchev–Trinajstić information content (AvgIpc) is 2.03. The minimum atomic E-state index is 0.391. The molecule has 2 heteroatoms. The van der Waals surface area contributed by atoms with E-state index < -0.39 is 0 Å². The Morgan fingerprint density at radius 1 is 1.42 bits per heavy atom. The zero-order valence-electron chi connectivity index (χ0n) is 7.33. The summed E-state index contributed by atoms with van der Waals surface area (Å²) >= 11 is 0. The van der Waals surface area contributed by atoms with Crippen LogP contribution in [0.1, 0.15) is 19.4 Å². The topological polar surface area (TPSA) is 38.9 Å². The number of aromatic nitrogens is 1. The lowest BCUT2D eigenvalue weighted by Crippen LogP contribution is -1.88. The molecule has 2 nitrogen and oxygen atoms in total. The van der Waals surface area contributed by atoms with Crippen LogP contribution in [0.2, 0.25) is 0 Å². The molecule has 1 rings (SSSR count). The summed E-state index contributed by atoms with van der Waals surface area (Å²) in [5, 5.41) is 0. The van der Waals surface area contributed by atoms with Crippen molar-refractivity contribution in [2.24, 2.45) is 5.92 Å². The predicted octanol–water partition coefficient (Wildman–Crippen LogP) is 1.67. The number of nitrogen functional groups attached to an aromatic ring is 1. The van der Waals surface area contributed by atoms with Crippen molar-refractivity contribution in [2.45, 2.75) is 13.8 Å². The maximum absolute atomic E-state index is 5.42. The zero-order valence-corrected chi connectivity index (χ0v) is 7.33. The minimum Gasteiger partial charge on any atom is -0.384 e. The normalized spacial score (nSPS) is 9.25. The fourth-order valence-corrected chi connectivity index (χ4v) is 0.707. The van der Waals surface area contributed by atoms with Crippen LogP contribution >= 0.6 is 0 Å². The van der Waals surface area contributed by atoms with Gasteiger partial charge in [-0.3, -0.25) is 0 Å². The van der Waals surface area contributed by atoms with Gasteiger partial charge in [0, 0.05) is 17.7 Å². The van der Waals surface area contributed by atoms with Crippen LogP contribution in [0.4, 0.5) is 5.82 Å². The van der Waals surface area contributed by atoms with Crippen molar-refractivity contribution in [3.05, 3.63) is 23.9 Å². The van der Waals surface area contributed by atoms with Crippen molar-refractivity contribution in [3.63, 3.8) is 0 Å². The Morgan fingerprint density at radius 2 is 2.17 bits per heavy atom. The van der Waals surface area contributed by atoms with E-state index in [1.54, 1.807) is 12.3 Å². The summed E-state index contributed by atoms with van der Waals surface area (Å²) in [4.78, 5) is 3.93. The molecule has 1 aromatic heterocycles. The second-order valence-corrected chi connectivity index (χ2v) is 2.90. The SMILES string of the molecule is CC(C)C#Cc1ccc(N)nc1. The van der Waals surface area contributed by atoms with Gasteiger partial charge in [0.25, 0.3) is 0 Å². The van der Waals surface area contributed by atoms with E-state index in [-0.39, 0.29) is 0 Å². The molecule has 0 atom stereocenters. The van der Waals surface area contributed by atoms with Crippen LogP contribution < -0.4 is 5.73 Å². The van der Waals surface area contributed by atoms with Crippen LogP contribution in [-0.4, -0.2) is 4.98 Å². The molecule has 12 heavy (non-hydrogen) atoms. The second kappa shape index (κ2) is 3.77. The largest absolute Gasteiger partial charge is 0.384 e. The summed E-state index contributed by atoms with van der Waals surface area (Å²) in [7, 11) is 0. The quantitative estimate of drug-likeness (QED) is 0.586. The highest BCUT2D eigenvalue weighted by atomic mass is 14.8. The van der Waals surface area contributed by atoms with Gasteiger partial charge in [0.05, 0.1) is 0 Å². The highest BCUT2D eigenvalue weighted by Gasteiger charge is 1.87. The van der Waals surface area contributed by atoms with Gasteiger partial charge in [0.1, 0.15) is 5.82 Å². The Labute approximate surface area is 72.8 Å². The Hall–Kier alpha value is -1.49. The third-order valence-electron chi connectivity index (χ3n) is 1.29. The molecule has 62 valence electrons. The van der Waals surface area contributed by atoms with Crippen molar-refractivity contribution in [1.29, 1.82) is 0 Å². The first kappa shape index (κ1) is 8.61. The van der Waals surface area contributed by atoms with Crippen LogP contribution in [0, 0.1) is 17.8 Å². The number of hydrogen-bond acceptors (Lipinski definition) is 2. The summed E-state index contributed by atoms with van der Waals surface area (Å²) in [6.45, 7) is 4.11. The lowest BCUT2D eigenvalue weighted by Gasteiger charge is -1.91. The molecule has 0 aliphatic heterocycles. The minimum absolute atomic E-state index is 0.391. The molecule has 0 spiro atoms. The number of anilines is 1.